The number of ether oxygens (including phenoxy) is 1. The first-order valence-corrected chi connectivity index (χ1v) is 10.9. The summed E-state index contributed by atoms with van der Waals surface area (Å²) in [6.07, 6.45) is 0.338. The van der Waals surface area contributed by atoms with Crippen molar-refractivity contribution in [3.05, 3.63) is 89.0 Å². The van der Waals surface area contributed by atoms with Gasteiger partial charge in [-0.25, -0.2) is 26.7 Å². The molecule has 0 radical (unpaired) electrons. The highest BCUT2D eigenvalue weighted by Crippen LogP contribution is 2.23. The van der Waals surface area contributed by atoms with Gasteiger partial charge in [0.25, 0.3) is 0 Å². The molecule has 0 spiro atoms. The van der Waals surface area contributed by atoms with Gasteiger partial charge < -0.3 is 14.9 Å². The molecule has 168 valence electrons. The second-order valence-corrected chi connectivity index (χ2v) is 8.52. The fourth-order valence-electron chi connectivity index (χ4n) is 2.87. The molecule has 0 atom stereocenters. The number of sulfonamides is 1. The third-order valence-electron chi connectivity index (χ3n) is 4.55. The summed E-state index contributed by atoms with van der Waals surface area (Å²) in [6.45, 7) is -0.471. The summed E-state index contributed by atoms with van der Waals surface area (Å²) in [7, 11) is -3.95. The van der Waals surface area contributed by atoms with E-state index in [-0.39, 0.29) is 28.3 Å². The van der Waals surface area contributed by atoms with Crippen molar-refractivity contribution < 1.29 is 36.9 Å². The van der Waals surface area contributed by atoms with Gasteiger partial charge in [-0.2, -0.15) is 0 Å². The third kappa shape index (κ3) is 5.67. The highest BCUT2D eigenvalue weighted by molar-refractivity contribution is 7.89. The van der Waals surface area contributed by atoms with Crippen LogP contribution in [0.25, 0.3) is 0 Å². The third-order valence-corrected chi connectivity index (χ3v) is 6.01. The molecule has 10 heteroatoms. The highest BCUT2D eigenvalue weighted by atomic mass is 32.2. The minimum Gasteiger partial charge on any atom is -0.478 e. The number of nitrogens with one attached hydrogen (secondary N) is 1. The van der Waals surface area contributed by atoms with E-state index in [9.17, 15) is 32.2 Å². The predicted molar refractivity (Wildman–Crippen MR) is 111 cm³/mol. The Balaban J connectivity index is 1.60. The largest absolute Gasteiger partial charge is 0.478 e. The van der Waals surface area contributed by atoms with Gasteiger partial charge in [-0.05, 0) is 53.9 Å². The Labute approximate surface area is 183 Å². The molecule has 0 aliphatic carbocycles. The number of carbonyl (C=O) groups is 1. The number of carboxylic acids is 1. The number of aromatic carboxylic acids is 1. The summed E-state index contributed by atoms with van der Waals surface area (Å²) in [5.41, 5.74) is 0.612. The number of hydrogen-bond acceptors (Lipinski definition) is 5. The number of hydrogen-bond donors (Lipinski definition) is 3. The van der Waals surface area contributed by atoms with Crippen molar-refractivity contribution in [2.45, 2.75) is 17.9 Å². The van der Waals surface area contributed by atoms with Gasteiger partial charge in [-0.3, -0.25) is 0 Å². The summed E-state index contributed by atoms with van der Waals surface area (Å²) in [6, 6.07) is 13.3. The molecule has 3 aromatic carbocycles. The Morgan fingerprint density at radius 1 is 0.938 bits per heavy atom. The Bertz CT molecular complexity index is 1230. The second kappa shape index (κ2) is 9.86. The Morgan fingerprint density at radius 2 is 1.62 bits per heavy atom. The highest BCUT2D eigenvalue weighted by Gasteiger charge is 2.18. The van der Waals surface area contributed by atoms with Crippen molar-refractivity contribution in [3.63, 3.8) is 0 Å². The first kappa shape index (κ1) is 23.3. The Kier molecular flexibility index (Phi) is 7.18. The van der Waals surface area contributed by atoms with Crippen LogP contribution in [0, 0.1) is 11.6 Å². The SMILES string of the molecule is O=C(O)c1cc(S(=O)(=O)NCCc2ccc(Oc3ccc(F)c(F)c3)cc2)ccc1CO. The van der Waals surface area contributed by atoms with Crippen LogP contribution in [0.3, 0.4) is 0 Å². The quantitative estimate of drug-likeness (QED) is 0.448. The van der Waals surface area contributed by atoms with Crippen LogP contribution in [0.4, 0.5) is 8.78 Å². The van der Waals surface area contributed by atoms with E-state index in [2.05, 4.69) is 4.72 Å². The monoisotopic (exact) mass is 463 g/mol. The molecule has 7 nitrogen and oxygen atoms in total. The molecule has 0 saturated carbocycles. The molecule has 0 heterocycles. The average Bonchev–Trinajstić information content (AvgIpc) is 2.77. The fraction of sp³-hybridized carbons (Fsp3) is 0.136. The first-order chi connectivity index (χ1) is 15.2. The molecule has 3 N–H and O–H groups in total. The van der Waals surface area contributed by atoms with E-state index in [1.54, 1.807) is 24.3 Å². The second-order valence-electron chi connectivity index (χ2n) is 6.75. The lowest BCUT2D eigenvalue weighted by atomic mass is 10.1. The lowest BCUT2D eigenvalue weighted by Crippen LogP contribution is -2.26. The molecule has 0 aliphatic rings. The molecular formula is C22H19F2NO6S. The lowest BCUT2D eigenvalue weighted by Gasteiger charge is -2.10. The van der Waals surface area contributed by atoms with Gasteiger partial charge in [-0.15, -0.1) is 0 Å². The van der Waals surface area contributed by atoms with E-state index >= 15 is 0 Å². The molecule has 0 bridgehead atoms. The summed E-state index contributed by atoms with van der Waals surface area (Å²) >= 11 is 0. The van der Waals surface area contributed by atoms with E-state index in [1.807, 2.05) is 0 Å². The standard InChI is InChI=1S/C22H19F2NO6S/c23-20-8-6-17(11-21(20)24)31-16-4-1-14(2-5-16)9-10-25-32(29,30)18-7-3-15(13-26)19(12-18)22(27)28/h1-8,11-12,25-26H,9-10,13H2,(H,27,28). The molecule has 0 saturated heterocycles. The van der Waals surface area contributed by atoms with E-state index in [4.69, 9.17) is 4.74 Å². The number of aliphatic hydroxyl groups is 1. The van der Waals surface area contributed by atoms with Gasteiger partial charge in [0, 0.05) is 12.6 Å². The van der Waals surface area contributed by atoms with Gasteiger partial charge in [0.05, 0.1) is 17.1 Å². The molecule has 0 amide bonds. The van der Waals surface area contributed by atoms with Crippen molar-refractivity contribution in [3.8, 4) is 11.5 Å². The van der Waals surface area contributed by atoms with Crippen LogP contribution in [0.1, 0.15) is 21.5 Å². The van der Waals surface area contributed by atoms with Crippen LogP contribution >= 0.6 is 0 Å². The Morgan fingerprint density at radius 3 is 2.25 bits per heavy atom. The zero-order valence-corrected chi connectivity index (χ0v) is 17.4. The van der Waals surface area contributed by atoms with Gasteiger partial charge >= 0.3 is 5.97 Å². The van der Waals surface area contributed by atoms with E-state index in [0.717, 1.165) is 23.8 Å². The molecule has 0 fully saturated rings. The van der Waals surface area contributed by atoms with Crippen molar-refractivity contribution in [1.82, 2.24) is 4.72 Å². The molecular weight excluding hydrogens is 444 g/mol. The van der Waals surface area contributed by atoms with Crippen LogP contribution < -0.4 is 9.46 Å². The number of rotatable bonds is 9. The minimum atomic E-state index is -3.95. The summed E-state index contributed by atoms with van der Waals surface area (Å²) in [4.78, 5) is 11.0. The molecule has 32 heavy (non-hydrogen) atoms. The van der Waals surface area contributed by atoms with Gasteiger partial charge in [0.15, 0.2) is 11.6 Å². The average molecular weight is 463 g/mol. The number of benzene rings is 3. The van der Waals surface area contributed by atoms with Crippen LogP contribution in [0.2, 0.25) is 0 Å². The molecule has 0 aliphatic heterocycles. The minimum absolute atomic E-state index is 0.0515. The zero-order valence-electron chi connectivity index (χ0n) is 16.6. The summed E-state index contributed by atoms with van der Waals surface area (Å²) < 4.78 is 59.0. The zero-order chi connectivity index (χ0) is 23.3. The van der Waals surface area contributed by atoms with Crippen LogP contribution in [-0.4, -0.2) is 31.1 Å². The summed E-state index contributed by atoms with van der Waals surface area (Å²) in [5, 5.41) is 18.4. The maximum Gasteiger partial charge on any atom is 0.336 e. The lowest BCUT2D eigenvalue weighted by molar-refractivity contribution is 0.0693. The van der Waals surface area contributed by atoms with Crippen molar-refractivity contribution in [2.75, 3.05) is 6.54 Å². The van der Waals surface area contributed by atoms with Crippen molar-refractivity contribution in [1.29, 1.82) is 0 Å². The van der Waals surface area contributed by atoms with E-state index < -0.39 is 34.2 Å². The van der Waals surface area contributed by atoms with Crippen molar-refractivity contribution >= 4 is 16.0 Å². The molecule has 0 aromatic heterocycles. The van der Waals surface area contributed by atoms with Crippen LogP contribution in [-0.2, 0) is 23.1 Å². The smallest absolute Gasteiger partial charge is 0.336 e. The van der Waals surface area contributed by atoms with Gasteiger partial charge in [0.1, 0.15) is 11.5 Å². The van der Waals surface area contributed by atoms with E-state index in [1.165, 1.54) is 18.2 Å². The Hall–Kier alpha value is -3.34. The van der Waals surface area contributed by atoms with Gasteiger partial charge in [0.2, 0.25) is 10.0 Å². The first-order valence-electron chi connectivity index (χ1n) is 9.38. The molecule has 0 unspecified atom stereocenters. The number of aliphatic hydroxyl groups excluding tert-OH is 1. The normalized spacial score (nSPS) is 11.3. The number of halogens is 2. The topological polar surface area (TPSA) is 113 Å². The van der Waals surface area contributed by atoms with Gasteiger partial charge in [-0.1, -0.05) is 18.2 Å². The van der Waals surface area contributed by atoms with Crippen molar-refractivity contribution in [2.24, 2.45) is 0 Å². The fourth-order valence-corrected chi connectivity index (χ4v) is 3.93. The summed E-state index contributed by atoms with van der Waals surface area (Å²) in [5.74, 6) is -2.80. The molecule has 3 rings (SSSR count). The maximum atomic E-state index is 13.3. The maximum absolute atomic E-state index is 13.3. The van der Waals surface area contributed by atoms with Crippen LogP contribution in [0.5, 0.6) is 11.5 Å². The predicted octanol–water partition coefficient (Wildman–Crippen LogP) is 3.47. The van der Waals surface area contributed by atoms with Crippen LogP contribution in [0.15, 0.2) is 65.6 Å². The number of carboxylic acid groups (broad SMARTS) is 1. The molecule has 3 aromatic rings. The van der Waals surface area contributed by atoms with E-state index in [0.29, 0.717) is 12.2 Å².